The molecule has 1 aliphatic carbocycles. The number of rotatable bonds is 7. The minimum absolute atomic E-state index is 0.437. The average molecular weight is 538 g/mol. The average Bonchev–Trinajstić information content (AvgIpc) is 3.56. The van der Waals surface area contributed by atoms with Gasteiger partial charge in [-0.25, -0.2) is 9.97 Å². The van der Waals surface area contributed by atoms with Crippen molar-refractivity contribution < 1.29 is 4.74 Å². The van der Waals surface area contributed by atoms with Gasteiger partial charge in [0.1, 0.15) is 16.5 Å². The highest BCUT2D eigenvalue weighted by molar-refractivity contribution is 7.17. The second kappa shape index (κ2) is 11.6. The molecule has 38 heavy (non-hydrogen) atoms. The Kier molecular flexibility index (Phi) is 7.97. The van der Waals surface area contributed by atoms with E-state index in [4.69, 9.17) is 14.7 Å². The number of aromatic nitrogens is 4. The first kappa shape index (κ1) is 26.2. The molecule has 0 radical (unpaired) electrons. The number of hydrogen-bond acceptors (Lipinski definition) is 8. The van der Waals surface area contributed by atoms with E-state index in [9.17, 15) is 0 Å². The van der Waals surface area contributed by atoms with Crippen LogP contribution in [0.25, 0.3) is 10.2 Å². The van der Waals surface area contributed by atoms with E-state index < -0.39 is 0 Å². The summed E-state index contributed by atoms with van der Waals surface area (Å²) in [6, 6.07) is 2.31. The van der Waals surface area contributed by atoms with Crippen molar-refractivity contribution in [1.29, 1.82) is 0 Å². The highest BCUT2D eigenvalue weighted by atomic mass is 32.1. The minimum atomic E-state index is 0.437. The normalized spacial score (nSPS) is 24.4. The maximum atomic E-state index is 5.52. The quantitative estimate of drug-likeness (QED) is 0.460. The standard InChI is InChI=1S/C29H43N7OS/c1-20(2)34-10-12-35(13-11-34)24-6-4-23(5-7-24)31-28-27-21(3)19-38-29(27)33-26(32-28)16-22-17-30-36(18-22)25-8-14-37-15-9-25/h17-20,23-25H,4-16H2,1-3H3,(H,31,32,33). The van der Waals surface area contributed by atoms with Crippen LogP contribution in [0.5, 0.6) is 0 Å². The summed E-state index contributed by atoms with van der Waals surface area (Å²) in [6.07, 6.45) is 11.9. The molecule has 6 rings (SSSR count). The Balaban J connectivity index is 1.11. The molecule has 3 aromatic heterocycles. The first-order valence-electron chi connectivity index (χ1n) is 14.6. The molecule has 206 valence electrons. The Labute approximate surface area is 230 Å². The number of thiophene rings is 1. The van der Waals surface area contributed by atoms with Gasteiger partial charge in [0.25, 0.3) is 0 Å². The highest BCUT2D eigenvalue weighted by Gasteiger charge is 2.29. The van der Waals surface area contributed by atoms with Crippen LogP contribution in [0.15, 0.2) is 17.8 Å². The van der Waals surface area contributed by atoms with Gasteiger partial charge in [-0.15, -0.1) is 11.3 Å². The van der Waals surface area contributed by atoms with Crippen molar-refractivity contribution in [3.63, 3.8) is 0 Å². The number of ether oxygens (including phenoxy) is 1. The first-order chi connectivity index (χ1) is 18.5. The third kappa shape index (κ3) is 5.76. The Morgan fingerprint density at radius 3 is 2.50 bits per heavy atom. The van der Waals surface area contributed by atoms with Crippen LogP contribution in [0.4, 0.5) is 5.82 Å². The number of anilines is 1. The zero-order valence-electron chi connectivity index (χ0n) is 23.2. The van der Waals surface area contributed by atoms with Gasteiger partial charge in [-0.05, 0) is 75.8 Å². The molecule has 0 amide bonds. The van der Waals surface area contributed by atoms with Crippen LogP contribution in [-0.4, -0.2) is 87.1 Å². The zero-order chi connectivity index (χ0) is 26.1. The maximum absolute atomic E-state index is 5.52. The fourth-order valence-corrected chi connectivity index (χ4v) is 7.45. The molecule has 0 spiro atoms. The molecule has 3 aromatic rings. The third-order valence-electron chi connectivity index (χ3n) is 8.88. The molecular formula is C29H43N7OS. The topological polar surface area (TPSA) is 71.3 Å². The van der Waals surface area contributed by atoms with E-state index in [0.29, 0.717) is 24.5 Å². The van der Waals surface area contributed by atoms with Gasteiger partial charge >= 0.3 is 0 Å². The fourth-order valence-electron chi connectivity index (χ4n) is 6.51. The van der Waals surface area contributed by atoms with Gasteiger partial charge in [-0.1, -0.05) is 0 Å². The van der Waals surface area contributed by atoms with E-state index in [1.807, 2.05) is 6.20 Å². The largest absolute Gasteiger partial charge is 0.381 e. The van der Waals surface area contributed by atoms with Crippen molar-refractivity contribution in [2.75, 3.05) is 44.7 Å². The van der Waals surface area contributed by atoms with Crippen molar-refractivity contribution in [2.24, 2.45) is 0 Å². The van der Waals surface area contributed by atoms with Gasteiger partial charge in [0.05, 0.1) is 17.6 Å². The molecule has 0 aromatic carbocycles. The molecule has 0 bridgehead atoms. The summed E-state index contributed by atoms with van der Waals surface area (Å²) < 4.78 is 7.64. The molecular weight excluding hydrogens is 494 g/mol. The molecule has 0 unspecified atom stereocenters. The van der Waals surface area contributed by atoms with Gasteiger partial charge in [0.15, 0.2) is 0 Å². The summed E-state index contributed by atoms with van der Waals surface area (Å²) in [4.78, 5) is 16.5. The Hall–Kier alpha value is -2.07. The second-order valence-electron chi connectivity index (χ2n) is 11.8. The maximum Gasteiger partial charge on any atom is 0.139 e. The molecule has 9 heteroatoms. The van der Waals surface area contributed by atoms with Crippen molar-refractivity contribution in [1.82, 2.24) is 29.5 Å². The molecule has 2 saturated heterocycles. The number of piperazine rings is 1. The lowest BCUT2D eigenvalue weighted by molar-refractivity contribution is 0.0631. The summed E-state index contributed by atoms with van der Waals surface area (Å²) in [7, 11) is 0. The predicted molar refractivity (Wildman–Crippen MR) is 154 cm³/mol. The van der Waals surface area contributed by atoms with Crippen LogP contribution in [-0.2, 0) is 11.2 Å². The van der Waals surface area contributed by atoms with E-state index in [2.05, 4.69) is 57.2 Å². The highest BCUT2D eigenvalue weighted by Crippen LogP contribution is 2.33. The van der Waals surface area contributed by atoms with E-state index >= 15 is 0 Å². The smallest absolute Gasteiger partial charge is 0.139 e. The lowest BCUT2D eigenvalue weighted by Crippen LogP contribution is -2.53. The number of nitrogens with zero attached hydrogens (tertiary/aromatic N) is 6. The Bertz CT molecular complexity index is 1200. The number of aryl methyl sites for hydroxylation is 1. The van der Waals surface area contributed by atoms with Gasteiger partial charge in [-0.3, -0.25) is 14.5 Å². The number of nitrogens with one attached hydrogen (secondary N) is 1. The van der Waals surface area contributed by atoms with Crippen LogP contribution >= 0.6 is 11.3 Å². The van der Waals surface area contributed by atoms with Crippen molar-refractivity contribution in [3.8, 4) is 0 Å². The zero-order valence-corrected chi connectivity index (χ0v) is 24.1. The molecule has 5 heterocycles. The lowest BCUT2D eigenvalue weighted by Gasteiger charge is -2.43. The summed E-state index contributed by atoms with van der Waals surface area (Å²) in [6.45, 7) is 13.3. The predicted octanol–water partition coefficient (Wildman–Crippen LogP) is 4.89. The Morgan fingerprint density at radius 2 is 1.76 bits per heavy atom. The summed E-state index contributed by atoms with van der Waals surface area (Å²) in [5, 5.41) is 11.9. The minimum Gasteiger partial charge on any atom is -0.381 e. The number of hydrogen-bond donors (Lipinski definition) is 1. The van der Waals surface area contributed by atoms with Crippen LogP contribution in [0.2, 0.25) is 0 Å². The van der Waals surface area contributed by atoms with E-state index in [1.54, 1.807) is 11.3 Å². The molecule has 1 N–H and O–H groups in total. The fraction of sp³-hybridized carbons (Fsp3) is 0.690. The van der Waals surface area contributed by atoms with Crippen molar-refractivity contribution in [2.45, 2.75) is 89.9 Å². The van der Waals surface area contributed by atoms with Gasteiger partial charge < -0.3 is 10.1 Å². The molecule has 3 fully saturated rings. The summed E-state index contributed by atoms with van der Waals surface area (Å²) in [5.74, 6) is 1.90. The van der Waals surface area contributed by atoms with Gasteiger partial charge in [0.2, 0.25) is 0 Å². The van der Waals surface area contributed by atoms with Crippen LogP contribution in [0.3, 0.4) is 0 Å². The van der Waals surface area contributed by atoms with Crippen molar-refractivity contribution in [3.05, 3.63) is 34.7 Å². The lowest BCUT2D eigenvalue weighted by atomic mass is 9.89. The molecule has 3 aliphatic rings. The van der Waals surface area contributed by atoms with E-state index in [0.717, 1.165) is 48.6 Å². The van der Waals surface area contributed by atoms with Crippen LogP contribution in [0, 0.1) is 6.92 Å². The van der Waals surface area contributed by atoms with E-state index in [-0.39, 0.29) is 0 Å². The molecule has 2 aliphatic heterocycles. The van der Waals surface area contributed by atoms with Crippen LogP contribution in [0.1, 0.15) is 75.4 Å². The summed E-state index contributed by atoms with van der Waals surface area (Å²) in [5.41, 5.74) is 2.44. The SMILES string of the molecule is Cc1csc2nc(Cc3cnn(C4CCOCC4)c3)nc(NC3CCC(N4CCN(C(C)C)CC4)CC3)c12. The van der Waals surface area contributed by atoms with Crippen LogP contribution < -0.4 is 5.32 Å². The third-order valence-corrected chi connectivity index (χ3v) is 9.87. The Morgan fingerprint density at radius 1 is 1.00 bits per heavy atom. The molecule has 0 atom stereocenters. The summed E-state index contributed by atoms with van der Waals surface area (Å²) >= 11 is 1.73. The number of fused-ring (bicyclic) bond motifs is 1. The van der Waals surface area contributed by atoms with Gasteiger partial charge in [-0.2, -0.15) is 5.10 Å². The van der Waals surface area contributed by atoms with Crippen molar-refractivity contribution >= 4 is 27.4 Å². The van der Waals surface area contributed by atoms with E-state index in [1.165, 1.54) is 68.4 Å². The second-order valence-corrected chi connectivity index (χ2v) is 12.6. The molecule has 8 nitrogen and oxygen atoms in total. The monoisotopic (exact) mass is 537 g/mol. The van der Waals surface area contributed by atoms with Gasteiger partial charge in [0, 0.05) is 70.1 Å². The molecule has 1 saturated carbocycles. The first-order valence-corrected chi connectivity index (χ1v) is 15.5.